The Morgan fingerprint density at radius 1 is 0.410 bits per heavy atom. The van der Waals surface area contributed by atoms with Gasteiger partial charge >= 0.3 is 8.60 Å². The van der Waals surface area contributed by atoms with Gasteiger partial charge in [-0.3, -0.25) is 10.1 Å². The van der Waals surface area contributed by atoms with Gasteiger partial charge < -0.3 is 18.6 Å². The van der Waals surface area contributed by atoms with Crippen molar-refractivity contribution in [1.29, 1.82) is 0 Å². The zero-order chi connectivity index (χ0) is 53.0. The molecule has 15 rings (SSSR count). The Labute approximate surface area is 463 Å². The van der Waals surface area contributed by atoms with Crippen molar-refractivity contribution < 1.29 is 18.5 Å². The zero-order valence-corrected chi connectivity index (χ0v) is 45.8. The third kappa shape index (κ3) is 7.74. The number of nitro groups is 1. The van der Waals surface area contributed by atoms with Crippen molar-refractivity contribution in [3.05, 3.63) is 279 Å². The highest BCUT2D eigenvalue weighted by Crippen LogP contribution is 2.65. The first kappa shape index (κ1) is 49.9. The lowest BCUT2D eigenvalue weighted by atomic mass is 9.67. The second kappa shape index (κ2) is 20.7. The summed E-state index contributed by atoms with van der Waals surface area (Å²) in [6, 6.07) is 79.6. The molecule has 0 saturated heterocycles. The number of nitro benzene ring substituents is 1. The van der Waals surface area contributed by atoms with Crippen molar-refractivity contribution in [1.82, 2.24) is 4.98 Å². The van der Waals surface area contributed by atoms with Crippen molar-refractivity contribution in [2.75, 3.05) is 19.8 Å². The number of aromatic amines is 1. The van der Waals surface area contributed by atoms with Crippen LogP contribution in [0.25, 0.3) is 55.2 Å². The Bertz CT molecular complexity index is 4030. The molecule has 0 amide bonds. The summed E-state index contributed by atoms with van der Waals surface area (Å²) in [6.07, 6.45) is 0. The molecule has 2 spiro atoms. The molecule has 3 heterocycles. The van der Waals surface area contributed by atoms with Crippen LogP contribution < -0.4 is 0 Å². The van der Waals surface area contributed by atoms with Crippen molar-refractivity contribution >= 4 is 59.6 Å². The molecule has 0 atom stereocenters. The largest absolute Gasteiger partial charge is 0.354 e. The lowest BCUT2D eigenvalue weighted by Crippen LogP contribution is -2.32. The van der Waals surface area contributed by atoms with Gasteiger partial charge in [0, 0.05) is 53.0 Å². The number of hydrogen-bond donors (Lipinski definition) is 1. The van der Waals surface area contributed by atoms with Crippen LogP contribution in [-0.2, 0) is 24.4 Å². The van der Waals surface area contributed by atoms with E-state index in [-0.39, 0.29) is 16.0 Å². The van der Waals surface area contributed by atoms with Crippen LogP contribution in [0.15, 0.2) is 244 Å². The molecule has 4 aliphatic rings. The fraction of sp³-hybridized carbons (Fsp3) is 0.118. The highest BCUT2D eigenvalue weighted by molar-refractivity contribution is 8.00. The standard InChI is InChI=1S/C31H19NO2S.C31H19NS.C6H15O3P/c33-32(34)28-18-7-3-12-22(28)23-13-9-17-27-30(23)35-29-19-8-6-16-26(29)31(27)24-14-4-1-10-20(24)21-11-2-5-15-25(21)31;1-4-12-22-19(9-1)20-10-2-5-13-23(20)31(22)24-14-6-8-16-28(24)33-30-25(31)17-18-27-29(30)21-11-3-7-15-26(21)32-27;1-4-7-10(8-5-2)9-6-3/h1-19H;1-18,32H;4-6H2,1-3H3. The molecule has 10 heteroatoms. The molecular formula is C68H53N2O5PS2. The van der Waals surface area contributed by atoms with Gasteiger partial charge in [-0.15, -0.1) is 0 Å². The van der Waals surface area contributed by atoms with Gasteiger partial charge in [-0.1, -0.05) is 212 Å². The Hall–Kier alpha value is -7.59. The molecular weight excluding hydrogens is 1020 g/mol. The molecule has 7 nitrogen and oxygen atoms in total. The topological polar surface area (TPSA) is 86.6 Å². The lowest BCUT2D eigenvalue weighted by molar-refractivity contribution is -0.384. The summed E-state index contributed by atoms with van der Waals surface area (Å²) in [6.45, 7) is 7.71. The van der Waals surface area contributed by atoms with E-state index in [2.05, 4.69) is 193 Å². The van der Waals surface area contributed by atoms with Crippen LogP contribution in [0.5, 0.6) is 0 Å². The van der Waals surface area contributed by atoms with Gasteiger partial charge in [0.15, 0.2) is 0 Å². The Morgan fingerprint density at radius 3 is 1.32 bits per heavy atom. The normalized spacial score (nSPS) is 13.9. The molecule has 2 aliphatic carbocycles. The quantitative estimate of drug-likeness (QED) is 0.0921. The minimum atomic E-state index is -1.06. The number of nitrogens with zero attached hydrogens (tertiary/aromatic N) is 1. The van der Waals surface area contributed by atoms with Crippen LogP contribution in [-0.4, -0.2) is 29.7 Å². The summed E-state index contributed by atoms with van der Waals surface area (Å²) >= 11 is 3.63. The number of para-hydroxylation sites is 2. The van der Waals surface area contributed by atoms with E-state index in [0.29, 0.717) is 25.4 Å². The average Bonchev–Trinajstić information content (AvgIpc) is 4.25. The summed E-state index contributed by atoms with van der Waals surface area (Å²) < 4.78 is 15.4. The van der Waals surface area contributed by atoms with Gasteiger partial charge in [-0.25, -0.2) is 0 Å². The Kier molecular flexibility index (Phi) is 13.2. The maximum absolute atomic E-state index is 11.9. The van der Waals surface area contributed by atoms with Gasteiger partial charge in [0.05, 0.1) is 41.1 Å². The molecule has 2 aliphatic heterocycles. The highest BCUT2D eigenvalue weighted by Gasteiger charge is 2.52. The van der Waals surface area contributed by atoms with Crippen molar-refractivity contribution in [3.8, 4) is 33.4 Å². The number of H-pyrrole nitrogens is 1. The van der Waals surface area contributed by atoms with Crippen molar-refractivity contribution in [2.24, 2.45) is 0 Å². The van der Waals surface area contributed by atoms with Gasteiger partial charge in [0.2, 0.25) is 0 Å². The van der Waals surface area contributed by atoms with Gasteiger partial charge in [-0.05, 0) is 118 Å². The van der Waals surface area contributed by atoms with Crippen LogP contribution in [0, 0.1) is 10.1 Å². The first-order chi connectivity index (χ1) is 38.4. The van der Waals surface area contributed by atoms with Crippen molar-refractivity contribution in [2.45, 2.75) is 51.2 Å². The SMILES string of the molecule is CCOP(OCC)OCC.O=[N+]([O-])c1ccccc1-c1cccc2c1Sc1ccccc1C21c2ccccc2-c2ccccc21.c1ccc2c(c1)Sc1c(ccc3[nH]c4ccccc4c13)C21c2ccccc2-c2ccccc21. The Balaban J connectivity index is 0.000000127. The summed E-state index contributed by atoms with van der Waals surface area (Å²) in [5.74, 6) is 0. The van der Waals surface area contributed by atoms with Crippen molar-refractivity contribution in [3.63, 3.8) is 0 Å². The molecule has 0 saturated carbocycles. The predicted molar refractivity (Wildman–Crippen MR) is 319 cm³/mol. The molecule has 1 N–H and O–H groups in total. The lowest BCUT2D eigenvalue weighted by Gasteiger charge is -2.40. The number of hydrogen-bond acceptors (Lipinski definition) is 7. The molecule has 0 bridgehead atoms. The fourth-order valence-corrected chi connectivity index (χ4v) is 16.1. The molecule has 0 unspecified atom stereocenters. The van der Waals surface area contributed by atoms with Gasteiger partial charge in [-0.2, -0.15) is 0 Å². The van der Waals surface area contributed by atoms with E-state index < -0.39 is 14.0 Å². The van der Waals surface area contributed by atoms with Crippen LogP contribution >= 0.6 is 32.1 Å². The average molecular weight is 1070 g/mol. The second-order valence-electron chi connectivity index (χ2n) is 19.3. The third-order valence-corrected chi connectivity index (χ3v) is 19.3. The zero-order valence-electron chi connectivity index (χ0n) is 43.2. The van der Waals surface area contributed by atoms with E-state index in [1.807, 2.05) is 56.8 Å². The molecule has 11 aromatic rings. The smallest absolute Gasteiger partial charge is 0.332 e. The highest BCUT2D eigenvalue weighted by atomic mass is 32.2. The van der Waals surface area contributed by atoms with Gasteiger partial charge in [0.25, 0.3) is 5.69 Å². The van der Waals surface area contributed by atoms with E-state index in [0.717, 1.165) is 10.5 Å². The second-order valence-corrected chi connectivity index (χ2v) is 22.7. The number of fused-ring (bicyclic) bond motifs is 22. The minimum Gasteiger partial charge on any atom is -0.354 e. The summed E-state index contributed by atoms with van der Waals surface area (Å²) in [7, 11) is -1.06. The summed E-state index contributed by atoms with van der Waals surface area (Å²) in [4.78, 5) is 20.3. The van der Waals surface area contributed by atoms with E-state index in [9.17, 15) is 10.1 Å². The van der Waals surface area contributed by atoms with E-state index >= 15 is 0 Å². The maximum Gasteiger partial charge on any atom is 0.332 e. The number of rotatable bonds is 8. The van der Waals surface area contributed by atoms with Crippen LogP contribution in [0.4, 0.5) is 5.69 Å². The first-order valence-corrected chi connectivity index (χ1v) is 29.2. The van der Waals surface area contributed by atoms with E-state index in [4.69, 9.17) is 13.6 Å². The molecule has 10 aromatic carbocycles. The van der Waals surface area contributed by atoms with E-state index in [1.165, 1.54) is 103 Å². The number of nitrogens with one attached hydrogen (secondary N) is 1. The number of benzene rings is 10. The monoisotopic (exact) mass is 1070 g/mol. The molecule has 78 heavy (non-hydrogen) atoms. The van der Waals surface area contributed by atoms with Crippen LogP contribution in [0.2, 0.25) is 0 Å². The van der Waals surface area contributed by atoms with Crippen LogP contribution in [0.3, 0.4) is 0 Å². The first-order valence-electron chi connectivity index (χ1n) is 26.5. The summed E-state index contributed by atoms with van der Waals surface area (Å²) in [5, 5.41) is 14.6. The number of aromatic nitrogens is 1. The minimum absolute atomic E-state index is 0.127. The predicted octanol–water partition coefficient (Wildman–Crippen LogP) is 18.6. The maximum atomic E-state index is 11.9. The fourth-order valence-electron chi connectivity index (χ4n) is 12.6. The Morgan fingerprint density at radius 2 is 0.808 bits per heavy atom. The van der Waals surface area contributed by atoms with Crippen LogP contribution in [0.1, 0.15) is 65.3 Å². The molecule has 0 fully saturated rings. The summed E-state index contributed by atoms with van der Waals surface area (Å²) in [5.41, 5.74) is 19.0. The van der Waals surface area contributed by atoms with E-state index in [1.54, 1.807) is 23.9 Å². The van der Waals surface area contributed by atoms with Gasteiger partial charge in [0.1, 0.15) is 0 Å². The molecule has 0 radical (unpaired) electrons. The third-order valence-electron chi connectivity index (χ3n) is 15.5. The molecule has 382 valence electrons. The molecule has 1 aromatic heterocycles.